The van der Waals surface area contributed by atoms with E-state index in [1.54, 1.807) is 6.20 Å². The zero-order valence-corrected chi connectivity index (χ0v) is 13.0. The van der Waals surface area contributed by atoms with Crippen LogP contribution in [0.15, 0.2) is 61.1 Å². The molecule has 4 aromatic rings. The number of imidazole rings is 1. The number of nitriles is 1. The Morgan fingerprint density at radius 1 is 1.12 bits per heavy atom. The van der Waals surface area contributed by atoms with Crippen molar-refractivity contribution in [2.45, 2.75) is 6.42 Å². The van der Waals surface area contributed by atoms with Crippen molar-refractivity contribution in [2.75, 3.05) is 11.9 Å². The monoisotopic (exact) mass is 313 g/mol. The van der Waals surface area contributed by atoms with Gasteiger partial charge in [-0.2, -0.15) is 5.26 Å². The van der Waals surface area contributed by atoms with E-state index >= 15 is 0 Å². The quantitative estimate of drug-likeness (QED) is 0.627. The molecule has 5 nitrogen and oxygen atoms in total. The summed E-state index contributed by atoms with van der Waals surface area (Å²) in [4.78, 5) is 8.92. The normalized spacial score (nSPS) is 10.8. The first-order valence-corrected chi connectivity index (χ1v) is 7.79. The molecule has 5 heteroatoms. The lowest BCUT2D eigenvalue weighted by Gasteiger charge is -2.10. The van der Waals surface area contributed by atoms with Crippen molar-refractivity contribution in [1.29, 1.82) is 5.26 Å². The second kappa shape index (κ2) is 6.01. The van der Waals surface area contributed by atoms with E-state index in [1.807, 2.05) is 59.3 Å². The molecule has 3 heterocycles. The highest BCUT2D eigenvalue weighted by atomic mass is 15.0. The van der Waals surface area contributed by atoms with E-state index in [0.29, 0.717) is 12.1 Å². The molecule has 0 unspecified atom stereocenters. The number of aromatic nitrogens is 3. The third-order valence-electron chi connectivity index (χ3n) is 3.99. The van der Waals surface area contributed by atoms with E-state index < -0.39 is 0 Å². The van der Waals surface area contributed by atoms with Crippen LogP contribution in [0.4, 0.5) is 5.69 Å². The highest BCUT2D eigenvalue weighted by Gasteiger charge is 2.08. The van der Waals surface area contributed by atoms with Gasteiger partial charge in [0.25, 0.3) is 0 Å². The summed E-state index contributed by atoms with van der Waals surface area (Å²) in [5, 5.41) is 13.7. The maximum atomic E-state index is 9.34. The first-order valence-electron chi connectivity index (χ1n) is 7.79. The molecule has 0 aliphatic carbocycles. The van der Waals surface area contributed by atoms with Crippen LogP contribution in [0.25, 0.3) is 16.6 Å². The van der Waals surface area contributed by atoms with Crippen molar-refractivity contribution < 1.29 is 0 Å². The average Bonchev–Trinajstić information content (AvgIpc) is 3.04. The molecular formula is C19H15N5. The third kappa shape index (κ3) is 2.55. The van der Waals surface area contributed by atoms with E-state index in [1.165, 1.54) is 0 Å². The van der Waals surface area contributed by atoms with Gasteiger partial charge in [0.15, 0.2) is 0 Å². The summed E-state index contributed by atoms with van der Waals surface area (Å²) in [5.41, 5.74) is 4.24. The molecule has 0 bridgehead atoms. The van der Waals surface area contributed by atoms with Gasteiger partial charge < -0.3 is 9.72 Å². The van der Waals surface area contributed by atoms with Gasteiger partial charge in [-0.15, -0.1) is 0 Å². The zero-order chi connectivity index (χ0) is 16.4. The Kier molecular flexibility index (Phi) is 3.56. The van der Waals surface area contributed by atoms with Gasteiger partial charge in [-0.1, -0.05) is 24.3 Å². The number of anilines is 1. The average molecular weight is 313 g/mol. The SMILES string of the molecule is N#Cc1cnc2ccccc2c1NCCc1cn2ccccc2n1. The van der Waals surface area contributed by atoms with Gasteiger partial charge >= 0.3 is 0 Å². The molecule has 0 aliphatic heterocycles. The van der Waals surface area contributed by atoms with E-state index in [2.05, 4.69) is 21.4 Å². The fraction of sp³-hybridized carbons (Fsp3) is 0.105. The van der Waals surface area contributed by atoms with Crippen LogP contribution in [0.3, 0.4) is 0 Å². The molecule has 116 valence electrons. The maximum absolute atomic E-state index is 9.34. The fourth-order valence-electron chi connectivity index (χ4n) is 2.84. The standard InChI is InChI=1S/C19H15N5/c20-11-14-12-22-17-6-2-1-5-16(17)19(14)21-9-8-15-13-24-10-4-3-7-18(24)23-15/h1-7,10,12-13H,8-9H2,(H,21,22). The highest BCUT2D eigenvalue weighted by Crippen LogP contribution is 2.25. The van der Waals surface area contributed by atoms with Crippen molar-refractivity contribution in [3.05, 3.63) is 72.3 Å². The number of nitrogens with one attached hydrogen (secondary N) is 1. The van der Waals surface area contributed by atoms with Crippen LogP contribution < -0.4 is 5.32 Å². The number of para-hydroxylation sites is 1. The van der Waals surface area contributed by atoms with Crippen molar-refractivity contribution in [3.63, 3.8) is 0 Å². The second-order valence-electron chi connectivity index (χ2n) is 5.55. The van der Waals surface area contributed by atoms with Gasteiger partial charge in [-0.25, -0.2) is 4.98 Å². The smallest absolute Gasteiger partial charge is 0.136 e. The van der Waals surface area contributed by atoms with Crippen LogP contribution in [0, 0.1) is 11.3 Å². The van der Waals surface area contributed by atoms with E-state index in [0.717, 1.165) is 34.4 Å². The molecule has 0 fully saturated rings. The molecule has 1 aromatic carbocycles. The Labute approximate surface area is 139 Å². The van der Waals surface area contributed by atoms with Crippen LogP contribution in [0.5, 0.6) is 0 Å². The predicted molar refractivity (Wildman–Crippen MR) is 93.8 cm³/mol. The minimum absolute atomic E-state index is 0.559. The molecular weight excluding hydrogens is 298 g/mol. The van der Waals surface area contributed by atoms with Crippen LogP contribution in [-0.2, 0) is 6.42 Å². The van der Waals surface area contributed by atoms with Crippen molar-refractivity contribution in [1.82, 2.24) is 14.4 Å². The summed E-state index contributed by atoms with van der Waals surface area (Å²) < 4.78 is 2.01. The summed E-state index contributed by atoms with van der Waals surface area (Å²) in [5.74, 6) is 0. The molecule has 0 radical (unpaired) electrons. The van der Waals surface area contributed by atoms with Gasteiger partial charge in [0.1, 0.15) is 11.7 Å². The summed E-state index contributed by atoms with van der Waals surface area (Å²) >= 11 is 0. The number of fused-ring (bicyclic) bond motifs is 2. The summed E-state index contributed by atoms with van der Waals surface area (Å²) in [6.07, 6.45) is 6.43. The van der Waals surface area contributed by atoms with E-state index in [9.17, 15) is 5.26 Å². The molecule has 0 atom stereocenters. The molecule has 4 rings (SSSR count). The summed E-state index contributed by atoms with van der Waals surface area (Å²) in [6, 6.07) is 16.0. The largest absolute Gasteiger partial charge is 0.383 e. The lowest BCUT2D eigenvalue weighted by Crippen LogP contribution is -2.07. The zero-order valence-electron chi connectivity index (χ0n) is 13.0. The highest BCUT2D eigenvalue weighted by molar-refractivity contribution is 5.93. The van der Waals surface area contributed by atoms with Gasteiger partial charge in [-0.05, 0) is 18.2 Å². The minimum atomic E-state index is 0.559. The van der Waals surface area contributed by atoms with E-state index in [-0.39, 0.29) is 0 Å². The Morgan fingerprint density at radius 3 is 2.88 bits per heavy atom. The number of pyridine rings is 2. The Hall–Kier alpha value is -3.39. The van der Waals surface area contributed by atoms with Gasteiger partial charge in [-0.3, -0.25) is 4.98 Å². The first-order chi connectivity index (χ1) is 11.8. The summed E-state index contributed by atoms with van der Waals surface area (Å²) in [6.45, 7) is 0.701. The van der Waals surface area contributed by atoms with Crippen molar-refractivity contribution in [2.24, 2.45) is 0 Å². The number of nitrogens with zero attached hydrogens (tertiary/aromatic N) is 4. The lowest BCUT2D eigenvalue weighted by atomic mass is 10.1. The predicted octanol–water partition coefficient (Wildman–Crippen LogP) is 3.41. The molecule has 24 heavy (non-hydrogen) atoms. The third-order valence-corrected chi connectivity index (χ3v) is 3.99. The van der Waals surface area contributed by atoms with Crippen LogP contribution in [0.1, 0.15) is 11.3 Å². The lowest BCUT2D eigenvalue weighted by molar-refractivity contribution is 0.980. The topological polar surface area (TPSA) is 66.0 Å². The molecule has 0 saturated heterocycles. The Bertz CT molecular complexity index is 1030. The molecule has 1 N–H and O–H groups in total. The minimum Gasteiger partial charge on any atom is -0.383 e. The van der Waals surface area contributed by atoms with Crippen molar-refractivity contribution >= 4 is 22.2 Å². The van der Waals surface area contributed by atoms with Gasteiger partial charge in [0.2, 0.25) is 0 Å². The number of hydrogen-bond acceptors (Lipinski definition) is 4. The summed E-state index contributed by atoms with van der Waals surface area (Å²) in [7, 11) is 0. The number of hydrogen-bond donors (Lipinski definition) is 1. The van der Waals surface area contributed by atoms with Crippen LogP contribution >= 0.6 is 0 Å². The number of benzene rings is 1. The first kappa shape index (κ1) is 14.2. The molecule has 0 amide bonds. The fourth-order valence-corrected chi connectivity index (χ4v) is 2.84. The number of rotatable bonds is 4. The second-order valence-corrected chi connectivity index (χ2v) is 5.55. The van der Waals surface area contributed by atoms with Gasteiger partial charge in [0.05, 0.1) is 22.5 Å². The molecule has 0 saturated carbocycles. The molecule has 0 spiro atoms. The van der Waals surface area contributed by atoms with Gasteiger partial charge in [0, 0.05) is 36.9 Å². The van der Waals surface area contributed by atoms with E-state index in [4.69, 9.17) is 0 Å². The van der Waals surface area contributed by atoms with Crippen molar-refractivity contribution in [3.8, 4) is 6.07 Å². The molecule has 3 aromatic heterocycles. The molecule has 0 aliphatic rings. The Balaban J connectivity index is 1.57. The van der Waals surface area contributed by atoms with Crippen LogP contribution in [0.2, 0.25) is 0 Å². The maximum Gasteiger partial charge on any atom is 0.136 e. The van der Waals surface area contributed by atoms with Crippen LogP contribution in [-0.4, -0.2) is 20.9 Å². The Morgan fingerprint density at radius 2 is 2.00 bits per heavy atom.